The minimum Gasteiger partial charge on any atom is -0.342 e. The van der Waals surface area contributed by atoms with E-state index in [1.54, 1.807) is 12.5 Å². The third-order valence-electron chi connectivity index (χ3n) is 1.35. The highest BCUT2D eigenvalue weighted by Crippen LogP contribution is 2.23. The molecule has 0 aliphatic rings. The van der Waals surface area contributed by atoms with Crippen molar-refractivity contribution in [3.63, 3.8) is 0 Å². The molecule has 0 spiro atoms. The lowest BCUT2D eigenvalue weighted by atomic mass is 10.4. The van der Waals surface area contributed by atoms with Gasteiger partial charge in [-0.2, -0.15) is 0 Å². The number of pyridine rings is 1. The second-order valence-electron chi connectivity index (χ2n) is 2.02. The maximum absolute atomic E-state index is 4.11. The molecule has 11 heavy (non-hydrogen) atoms. The van der Waals surface area contributed by atoms with Crippen molar-refractivity contribution >= 4 is 49.7 Å². The second kappa shape index (κ2) is 2.71. The first-order valence-corrected chi connectivity index (χ1v) is 4.79. The lowest BCUT2D eigenvalue weighted by molar-refractivity contribution is 1.30. The van der Waals surface area contributed by atoms with Crippen LogP contribution >= 0.6 is 38.5 Å². The van der Waals surface area contributed by atoms with Gasteiger partial charge in [0.2, 0.25) is 0 Å². The molecule has 1 N–H and O–H groups in total. The molecule has 0 atom stereocenters. The van der Waals surface area contributed by atoms with Crippen LogP contribution in [-0.2, 0) is 0 Å². The van der Waals surface area contributed by atoms with Gasteiger partial charge in [-0.3, -0.25) is 0 Å². The average Bonchev–Trinajstić information content (AvgIpc) is 2.45. The van der Waals surface area contributed by atoms with Crippen LogP contribution in [-0.4, -0.2) is 15.0 Å². The Bertz CT molecular complexity index is 398. The Labute approximate surface area is 84.9 Å². The molecule has 0 saturated heterocycles. The van der Waals surface area contributed by atoms with Gasteiger partial charge in [0, 0.05) is 6.20 Å². The van der Waals surface area contributed by atoms with Gasteiger partial charge in [0.1, 0.15) is 0 Å². The molecule has 0 unspecified atom stereocenters. The normalized spacial score (nSPS) is 10.7. The Kier molecular flexibility index (Phi) is 1.84. The zero-order chi connectivity index (χ0) is 7.84. The molecule has 0 bridgehead atoms. The fourth-order valence-electron chi connectivity index (χ4n) is 0.840. The molecular formula is C6H3BrIN3. The molecule has 2 rings (SSSR count). The summed E-state index contributed by atoms with van der Waals surface area (Å²) in [6.45, 7) is 0. The van der Waals surface area contributed by atoms with E-state index in [9.17, 15) is 0 Å². The van der Waals surface area contributed by atoms with Crippen molar-refractivity contribution in [2.75, 3.05) is 0 Å². The predicted octanol–water partition coefficient (Wildman–Crippen LogP) is 2.32. The van der Waals surface area contributed by atoms with E-state index < -0.39 is 0 Å². The van der Waals surface area contributed by atoms with Gasteiger partial charge >= 0.3 is 0 Å². The zero-order valence-corrected chi connectivity index (χ0v) is 9.05. The molecule has 0 radical (unpaired) electrons. The molecule has 2 aromatic rings. The molecule has 0 amide bonds. The molecule has 2 aromatic heterocycles. The highest BCUT2D eigenvalue weighted by Gasteiger charge is 2.04. The lowest BCUT2D eigenvalue weighted by Crippen LogP contribution is -1.82. The van der Waals surface area contributed by atoms with Crippen molar-refractivity contribution in [2.24, 2.45) is 0 Å². The molecule has 0 saturated carbocycles. The number of halogens is 2. The van der Waals surface area contributed by atoms with E-state index >= 15 is 0 Å². The number of aromatic nitrogens is 3. The summed E-state index contributed by atoms with van der Waals surface area (Å²) in [5.74, 6) is 0. The summed E-state index contributed by atoms with van der Waals surface area (Å²) in [5, 5.41) is 0. The van der Waals surface area contributed by atoms with E-state index in [1.165, 1.54) is 0 Å². The van der Waals surface area contributed by atoms with Crippen LogP contribution in [0.25, 0.3) is 11.2 Å². The molecule has 56 valence electrons. The molecule has 0 aromatic carbocycles. The molecular weight excluding hydrogens is 321 g/mol. The summed E-state index contributed by atoms with van der Waals surface area (Å²) in [4.78, 5) is 11.2. The van der Waals surface area contributed by atoms with Crippen molar-refractivity contribution in [3.05, 3.63) is 20.6 Å². The number of nitrogens with one attached hydrogen (secondary N) is 1. The Morgan fingerprint density at radius 2 is 2.27 bits per heavy atom. The van der Waals surface area contributed by atoms with Gasteiger partial charge in [-0.05, 0) is 38.5 Å². The molecule has 2 heterocycles. The van der Waals surface area contributed by atoms with Crippen LogP contribution in [0.1, 0.15) is 0 Å². The summed E-state index contributed by atoms with van der Waals surface area (Å²) in [6, 6.07) is 0. The third kappa shape index (κ3) is 1.16. The standard InChI is InChI=1S/C6H3BrIN3/c7-3-1-9-6-5(4(3)8)10-2-11-6/h1-2H,(H,9,10,11). The van der Waals surface area contributed by atoms with Crippen LogP contribution in [0.3, 0.4) is 0 Å². The smallest absolute Gasteiger partial charge is 0.178 e. The van der Waals surface area contributed by atoms with E-state index in [0.29, 0.717) is 0 Å². The predicted molar refractivity (Wildman–Crippen MR) is 54.3 cm³/mol. The zero-order valence-electron chi connectivity index (χ0n) is 5.31. The van der Waals surface area contributed by atoms with E-state index in [0.717, 1.165) is 19.2 Å². The molecule has 5 heteroatoms. The molecule has 0 fully saturated rings. The highest BCUT2D eigenvalue weighted by molar-refractivity contribution is 14.1. The van der Waals surface area contributed by atoms with Crippen LogP contribution in [0.2, 0.25) is 0 Å². The number of imidazole rings is 1. The van der Waals surface area contributed by atoms with Crippen molar-refractivity contribution in [2.45, 2.75) is 0 Å². The van der Waals surface area contributed by atoms with Gasteiger partial charge in [0.15, 0.2) is 5.65 Å². The number of H-pyrrole nitrogens is 1. The fourth-order valence-corrected chi connectivity index (χ4v) is 1.68. The van der Waals surface area contributed by atoms with Gasteiger partial charge in [-0.15, -0.1) is 0 Å². The van der Waals surface area contributed by atoms with Crippen LogP contribution in [0.4, 0.5) is 0 Å². The Morgan fingerprint density at radius 1 is 1.45 bits per heavy atom. The van der Waals surface area contributed by atoms with Crippen LogP contribution in [0.15, 0.2) is 17.0 Å². The first-order valence-electron chi connectivity index (χ1n) is 2.92. The maximum atomic E-state index is 4.11. The fraction of sp³-hybridized carbons (Fsp3) is 0. The van der Waals surface area contributed by atoms with Crippen LogP contribution < -0.4 is 0 Å². The van der Waals surface area contributed by atoms with E-state index in [-0.39, 0.29) is 0 Å². The highest BCUT2D eigenvalue weighted by atomic mass is 127. The van der Waals surface area contributed by atoms with Crippen molar-refractivity contribution in [1.82, 2.24) is 15.0 Å². The SMILES string of the molecule is Brc1cnc2nc[nH]c2c1I. The summed E-state index contributed by atoms with van der Waals surface area (Å²) in [7, 11) is 0. The Morgan fingerprint density at radius 3 is 3.09 bits per heavy atom. The quantitative estimate of drug-likeness (QED) is 0.756. The van der Waals surface area contributed by atoms with Gasteiger partial charge in [-0.1, -0.05) is 0 Å². The summed E-state index contributed by atoms with van der Waals surface area (Å²) in [6.07, 6.45) is 3.40. The van der Waals surface area contributed by atoms with Gasteiger partial charge in [0.25, 0.3) is 0 Å². The van der Waals surface area contributed by atoms with Crippen molar-refractivity contribution in [1.29, 1.82) is 0 Å². The molecule has 0 aliphatic carbocycles. The maximum Gasteiger partial charge on any atom is 0.178 e. The second-order valence-corrected chi connectivity index (χ2v) is 3.95. The van der Waals surface area contributed by atoms with Crippen LogP contribution in [0.5, 0.6) is 0 Å². The number of hydrogen-bond acceptors (Lipinski definition) is 2. The largest absolute Gasteiger partial charge is 0.342 e. The minimum absolute atomic E-state index is 0.762. The molecule has 3 nitrogen and oxygen atoms in total. The van der Waals surface area contributed by atoms with Gasteiger partial charge < -0.3 is 4.98 Å². The Balaban J connectivity index is 2.93. The minimum atomic E-state index is 0.762. The first-order chi connectivity index (χ1) is 5.29. The first kappa shape index (κ1) is 7.48. The van der Waals surface area contributed by atoms with Crippen LogP contribution in [0, 0.1) is 3.57 Å². The van der Waals surface area contributed by atoms with Crippen molar-refractivity contribution < 1.29 is 0 Å². The monoisotopic (exact) mass is 323 g/mol. The summed E-state index contributed by atoms with van der Waals surface area (Å²) >= 11 is 5.62. The summed E-state index contributed by atoms with van der Waals surface area (Å²) in [5.41, 5.74) is 1.75. The molecule has 0 aliphatic heterocycles. The Hall–Kier alpha value is -0.170. The number of rotatable bonds is 0. The average molecular weight is 324 g/mol. The van der Waals surface area contributed by atoms with E-state index in [2.05, 4.69) is 53.5 Å². The number of nitrogens with zero attached hydrogens (tertiary/aromatic N) is 2. The van der Waals surface area contributed by atoms with Crippen molar-refractivity contribution in [3.8, 4) is 0 Å². The summed E-state index contributed by atoms with van der Waals surface area (Å²) < 4.78 is 2.11. The van der Waals surface area contributed by atoms with Gasteiger partial charge in [0.05, 0.1) is 19.9 Å². The topological polar surface area (TPSA) is 41.6 Å². The number of aromatic amines is 1. The van der Waals surface area contributed by atoms with Gasteiger partial charge in [-0.25, -0.2) is 9.97 Å². The van der Waals surface area contributed by atoms with E-state index in [4.69, 9.17) is 0 Å². The lowest BCUT2D eigenvalue weighted by Gasteiger charge is -1.94. The number of fused-ring (bicyclic) bond motifs is 1. The number of hydrogen-bond donors (Lipinski definition) is 1. The van der Waals surface area contributed by atoms with E-state index in [1.807, 2.05) is 0 Å². The third-order valence-corrected chi connectivity index (χ3v) is 3.81.